The number of ether oxygens (including phenoxy) is 1. The third kappa shape index (κ3) is 5.43. The first kappa shape index (κ1) is 23.5. The first-order chi connectivity index (χ1) is 16.4. The van der Waals surface area contributed by atoms with Gasteiger partial charge in [0.05, 0.1) is 0 Å². The molecule has 0 aliphatic heterocycles. The van der Waals surface area contributed by atoms with Crippen LogP contribution in [0.25, 0.3) is 16.0 Å². The minimum Gasteiger partial charge on any atom is -0.451 e. The average molecular weight is 498 g/mol. The van der Waals surface area contributed by atoms with Gasteiger partial charge < -0.3 is 15.0 Å². The number of imide groups is 1. The molecule has 0 spiro atoms. The molecule has 0 radical (unpaired) electrons. The van der Waals surface area contributed by atoms with Crippen molar-refractivity contribution in [3.05, 3.63) is 63.7 Å². The summed E-state index contributed by atoms with van der Waals surface area (Å²) in [6.45, 7) is -0.165. The zero-order valence-electron chi connectivity index (χ0n) is 18.6. The van der Waals surface area contributed by atoms with E-state index in [0.29, 0.717) is 23.4 Å². The molecule has 1 aromatic carbocycles. The standard InChI is InChI=1S/C23H23N5O4S2/c1-27(2)23-25-17-13-18(34-20(17)28(23)15-7-4-3-5-8-15)21(30)32-14-19(29)26-22(31)24-11-10-16-9-6-12-33-16/h3-9,12-13H,10-11,14H2,1-2H3,(H2,24,26,29,31). The lowest BCUT2D eigenvalue weighted by atomic mass is 10.3. The largest absolute Gasteiger partial charge is 0.451 e. The van der Waals surface area contributed by atoms with Crippen LogP contribution in [0.4, 0.5) is 10.7 Å². The number of imidazole rings is 1. The highest BCUT2D eigenvalue weighted by Crippen LogP contribution is 2.32. The molecule has 176 valence electrons. The molecule has 0 aliphatic rings. The van der Waals surface area contributed by atoms with Crippen LogP contribution in [0.2, 0.25) is 0 Å². The predicted octanol–water partition coefficient (Wildman–Crippen LogP) is 3.44. The van der Waals surface area contributed by atoms with E-state index >= 15 is 0 Å². The number of nitrogens with zero attached hydrogens (tertiary/aromatic N) is 3. The van der Waals surface area contributed by atoms with E-state index in [1.165, 1.54) is 11.3 Å². The van der Waals surface area contributed by atoms with Gasteiger partial charge in [0.25, 0.3) is 5.91 Å². The van der Waals surface area contributed by atoms with Crippen LogP contribution in [-0.2, 0) is 16.0 Å². The predicted molar refractivity (Wildman–Crippen MR) is 133 cm³/mol. The van der Waals surface area contributed by atoms with Crippen LogP contribution in [0.1, 0.15) is 14.5 Å². The summed E-state index contributed by atoms with van der Waals surface area (Å²) in [5.41, 5.74) is 1.57. The van der Waals surface area contributed by atoms with E-state index in [-0.39, 0.29) is 0 Å². The maximum atomic E-state index is 12.5. The molecule has 4 rings (SSSR count). The van der Waals surface area contributed by atoms with Gasteiger partial charge in [-0.3, -0.25) is 14.7 Å². The minimum atomic E-state index is -0.704. The van der Waals surface area contributed by atoms with Crippen LogP contribution in [0.3, 0.4) is 0 Å². The molecular weight excluding hydrogens is 474 g/mol. The number of urea groups is 1. The number of rotatable bonds is 8. The van der Waals surface area contributed by atoms with Crippen LogP contribution in [-0.4, -0.2) is 54.7 Å². The Labute approximate surface area is 204 Å². The van der Waals surface area contributed by atoms with Gasteiger partial charge >= 0.3 is 12.0 Å². The van der Waals surface area contributed by atoms with Crippen molar-refractivity contribution in [1.29, 1.82) is 0 Å². The van der Waals surface area contributed by atoms with E-state index in [4.69, 9.17) is 4.74 Å². The van der Waals surface area contributed by atoms with Gasteiger partial charge in [-0.2, -0.15) is 0 Å². The number of benzene rings is 1. The first-order valence-electron chi connectivity index (χ1n) is 10.4. The Bertz CT molecular complexity index is 1300. The monoisotopic (exact) mass is 497 g/mol. The topological polar surface area (TPSA) is 106 Å². The van der Waals surface area contributed by atoms with Gasteiger partial charge in [0.15, 0.2) is 6.61 Å². The molecule has 0 aliphatic carbocycles. The number of fused-ring (bicyclic) bond motifs is 1. The number of amides is 3. The van der Waals surface area contributed by atoms with Gasteiger partial charge in [0.2, 0.25) is 5.95 Å². The van der Waals surface area contributed by atoms with Crippen molar-refractivity contribution < 1.29 is 19.1 Å². The minimum absolute atomic E-state index is 0.320. The van der Waals surface area contributed by atoms with Crippen molar-refractivity contribution in [3.8, 4) is 5.69 Å². The zero-order chi connectivity index (χ0) is 24.1. The number of nitrogens with one attached hydrogen (secondary N) is 2. The summed E-state index contributed by atoms with van der Waals surface area (Å²) < 4.78 is 7.07. The molecule has 3 heterocycles. The third-order valence-corrected chi connectivity index (χ3v) is 6.78. The van der Waals surface area contributed by atoms with E-state index in [9.17, 15) is 14.4 Å². The number of carbonyl (C=O) groups excluding carboxylic acids is 3. The normalized spacial score (nSPS) is 10.8. The van der Waals surface area contributed by atoms with E-state index in [2.05, 4.69) is 15.6 Å². The van der Waals surface area contributed by atoms with Gasteiger partial charge in [0.1, 0.15) is 15.2 Å². The van der Waals surface area contributed by atoms with Crippen LogP contribution in [0, 0.1) is 0 Å². The summed E-state index contributed by atoms with van der Waals surface area (Å²) in [6.07, 6.45) is 0.676. The van der Waals surface area contributed by atoms with Crippen molar-refractivity contribution >= 4 is 56.9 Å². The van der Waals surface area contributed by atoms with Crippen molar-refractivity contribution in [3.63, 3.8) is 0 Å². The van der Waals surface area contributed by atoms with Gasteiger partial charge in [-0.05, 0) is 36.1 Å². The second-order valence-electron chi connectivity index (χ2n) is 7.49. The van der Waals surface area contributed by atoms with Crippen LogP contribution in [0.5, 0.6) is 0 Å². The third-order valence-electron chi connectivity index (χ3n) is 4.76. The fraction of sp³-hybridized carbons (Fsp3) is 0.217. The molecule has 2 N–H and O–H groups in total. The highest BCUT2D eigenvalue weighted by Gasteiger charge is 2.21. The number of esters is 1. The van der Waals surface area contributed by atoms with Crippen LogP contribution in [0.15, 0.2) is 53.9 Å². The van der Waals surface area contributed by atoms with Crippen LogP contribution >= 0.6 is 22.7 Å². The second-order valence-corrected chi connectivity index (χ2v) is 9.55. The molecule has 11 heteroatoms. The fourth-order valence-corrected chi connectivity index (χ4v) is 4.95. The molecule has 0 saturated carbocycles. The lowest BCUT2D eigenvalue weighted by Crippen LogP contribution is -2.42. The van der Waals surface area contributed by atoms with E-state index in [0.717, 1.165) is 21.3 Å². The molecular formula is C23H23N5O4S2. The summed E-state index contributed by atoms with van der Waals surface area (Å²) in [6, 6.07) is 14.6. The quantitative estimate of drug-likeness (QED) is 0.361. The number of hydrogen-bond acceptors (Lipinski definition) is 8. The highest BCUT2D eigenvalue weighted by molar-refractivity contribution is 7.20. The first-order valence-corrected chi connectivity index (χ1v) is 12.1. The second kappa shape index (κ2) is 10.5. The Morgan fingerprint density at radius 2 is 1.91 bits per heavy atom. The molecule has 9 nitrogen and oxygen atoms in total. The maximum absolute atomic E-state index is 12.5. The molecule has 0 unspecified atom stereocenters. The molecule has 0 fully saturated rings. The number of anilines is 1. The summed E-state index contributed by atoms with van der Waals surface area (Å²) in [7, 11) is 3.80. The molecule has 3 amide bonds. The maximum Gasteiger partial charge on any atom is 0.348 e. The summed E-state index contributed by atoms with van der Waals surface area (Å²) >= 11 is 2.83. The van der Waals surface area contributed by atoms with Crippen molar-refractivity contribution in [1.82, 2.24) is 20.2 Å². The van der Waals surface area contributed by atoms with Gasteiger partial charge in [-0.15, -0.1) is 22.7 Å². The Balaban J connectivity index is 1.35. The molecule has 0 saturated heterocycles. The number of thiophene rings is 2. The average Bonchev–Trinajstić information content (AvgIpc) is 3.54. The fourth-order valence-electron chi connectivity index (χ4n) is 3.23. The molecule has 0 bridgehead atoms. The SMILES string of the molecule is CN(C)c1nc2cc(C(=O)OCC(=O)NC(=O)NCCc3cccs3)sc2n1-c1ccccc1. The number of hydrogen-bond donors (Lipinski definition) is 2. The summed E-state index contributed by atoms with van der Waals surface area (Å²) in [5, 5.41) is 6.72. The van der Waals surface area contributed by atoms with Gasteiger partial charge in [0, 0.05) is 31.2 Å². The summed E-state index contributed by atoms with van der Waals surface area (Å²) in [5.74, 6) is -0.621. The lowest BCUT2D eigenvalue weighted by molar-refractivity contribution is -0.123. The number of carbonyl (C=O) groups is 3. The van der Waals surface area contributed by atoms with E-state index in [1.807, 2.05) is 71.4 Å². The van der Waals surface area contributed by atoms with Crippen LogP contribution < -0.4 is 15.5 Å². The van der Waals surface area contributed by atoms with Gasteiger partial charge in [-0.25, -0.2) is 14.6 Å². The molecule has 4 aromatic rings. The summed E-state index contributed by atoms with van der Waals surface area (Å²) in [4.78, 5) is 45.1. The Hall–Kier alpha value is -3.70. The van der Waals surface area contributed by atoms with Gasteiger partial charge in [-0.1, -0.05) is 24.3 Å². The van der Waals surface area contributed by atoms with E-state index in [1.54, 1.807) is 17.4 Å². The zero-order valence-corrected chi connectivity index (χ0v) is 20.2. The van der Waals surface area contributed by atoms with Crippen molar-refractivity contribution in [2.24, 2.45) is 0 Å². The lowest BCUT2D eigenvalue weighted by Gasteiger charge is -2.14. The highest BCUT2D eigenvalue weighted by atomic mass is 32.1. The Kier molecular flexibility index (Phi) is 7.24. The molecule has 34 heavy (non-hydrogen) atoms. The van der Waals surface area contributed by atoms with E-state index < -0.39 is 24.5 Å². The number of aromatic nitrogens is 2. The van der Waals surface area contributed by atoms with Crippen molar-refractivity contribution in [2.75, 3.05) is 32.1 Å². The number of para-hydroxylation sites is 1. The van der Waals surface area contributed by atoms with Crippen molar-refractivity contribution in [2.45, 2.75) is 6.42 Å². The Morgan fingerprint density at radius 1 is 1.12 bits per heavy atom. The Morgan fingerprint density at radius 3 is 2.62 bits per heavy atom. The smallest absolute Gasteiger partial charge is 0.348 e. The molecule has 3 aromatic heterocycles. The molecule has 0 atom stereocenters.